The van der Waals surface area contributed by atoms with Crippen LogP contribution in [0.25, 0.3) is 22.3 Å². The molecule has 0 aliphatic rings. The number of fused-ring (bicyclic) bond motifs is 1. The van der Waals surface area contributed by atoms with E-state index in [1.54, 1.807) is 24.4 Å². The predicted octanol–water partition coefficient (Wildman–Crippen LogP) is 5.08. The van der Waals surface area contributed by atoms with Gasteiger partial charge in [0.15, 0.2) is 0 Å². The van der Waals surface area contributed by atoms with Crippen molar-refractivity contribution in [2.75, 3.05) is 0 Å². The maximum absolute atomic E-state index is 12.3. The van der Waals surface area contributed by atoms with Gasteiger partial charge >= 0.3 is 0 Å². The number of pyridine rings is 1. The Kier molecular flexibility index (Phi) is 6.66. The Morgan fingerprint density at radius 1 is 1.03 bits per heavy atom. The summed E-state index contributed by atoms with van der Waals surface area (Å²) in [5.74, 6) is -0.601. The molecule has 0 saturated heterocycles. The van der Waals surface area contributed by atoms with Crippen LogP contribution in [0.4, 0.5) is 0 Å². The number of rotatable bonds is 6. The van der Waals surface area contributed by atoms with Gasteiger partial charge in [-0.3, -0.25) is 25.4 Å². The molecule has 0 saturated carbocycles. The van der Waals surface area contributed by atoms with Gasteiger partial charge in [0.05, 0.1) is 17.0 Å². The van der Waals surface area contributed by atoms with E-state index in [0.29, 0.717) is 22.9 Å². The molecule has 6 nitrogen and oxygen atoms in total. The van der Waals surface area contributed by atoms with Crippen molar-refractivity contribution in [1.82, 2.24) is 20.8 Å². The van der Waals surface area contributed by atoms with Crippen LogP contribution < -0.4 is 10.9 Å². The highest BCUT2D eigenvalue weighted by molar-refractivity contribution is 9.10. The first-order valence-corrected chi connectivity index (χ1v) is 11.2. The Hall–Kier alpha value is -3.45. The SMILES string of the molecule is Cc1ccc2[nH]c(-c3ccccn3)c(CCCC(=O)NNC(=O)c3ccccc3Br)c2c1. The number of carbonyl (C=O) groups is 2. The van der Waals surface area contributed by atoms with Crippen molar-refractivity contribution in [2.24, 2.45) is 0 Å². The third-order valence-electron chi connectivity index (χ3n) is 5.25. The van der Waals surface area contributed by atoms with E-state index in [1.165, 1.54) is 5.56 Å². The number of H-pyrrole nitrogens is 1. The van der Waals surface area contributed by atoms with Crippen molar-refractivity contribution in [3.05, 3.63) is 88.0 Å². The fraction of sp³-hybridized carbons (Fsp3) is 0.160. The Morgan fingerprint density at radius 3 is 2.62 bits per heavy atom. The summed E-state index contributed by atoms with van der Waals surface area (Å²) in [5, 5.41) is 1.15. The molecule has 4 aromatic rings. The molecule has 2 amide bonds. The number of aromatic nitrogens is 2. The van der Waals surface area contributed by atoms with Crippen molar-refractivity contribution in [3.63, 3.8) is 0 Å². The molecule has 0 unspecified atom stereocenters. The minimum Gasteiger partial charge on any atom is -0.353 e. The van der Waals surface area contributed by atoms with Gasteiger partial charge in [0, 0.05) is 28.0 Å². The maximum Gasteiger partial charge on any atom is 0.270 e. The summed E-state index contributed by atoms with van der Waals surface area (Å²) >= 11 is 3.34. The van der Waals surface area contributed by atoms with Crippen molar-refractivity contribution in [1.29, 1.82) is 0 Å². The Morgan fingerprint density at radius 2 is 1.84 bits per heavy atom. The lowest BCUT2D eigenvalue weighted by molar-refractivity contribution is -0.121. The number of nitrogens with one attached hydrogen (secondary N) is 3. The molecular formula is C25H23BrN4O2. The molecule has 0 aliphatic heterocycles. The van der Waals surface area contributed by atoms with E-state index >= 15 is 0 Å². The largest absolute Gasteiger partial charge is 0.353 e. The van der Waals surface area contributed by atoms with Gasteiger partial charge in [0.2, 0.25) is 5.91 Å². The summed E-state index contributed by atoms with van der Waals surface area (Å²) in [4.78, 5) is 32.5. The molecule has 0 spiro atoms. The highest BCUT2D eigenvalue weighted by Gasteiger charge is 2.15. The fourth-order valence-electron chi connectivity index (χ4n) is 3.68. The second-order valence-corrected chi connectivity index (χ2v) is 8.43. The highest BCUT2D eigenvalue weighted by atomic mass is 79.9. The van der Waals surface area contributed by atoms with Crippen molar-refractivity contribution in [2.45, 2.75) is 26.2 Å². The van der Waals surface area contributed by atoms with Gasteiger partial charge in [0.25, 0.3) is 5.91 Å². The van der Waals surface area contributed by atoms with Crippen LogP contribution in [-0.4, -0.2) is 21.8 Å². The molecular weight excluding hydrogens is 468 g/mol. The summed E-state index contributed by atoms with van der Waals surface area (Å²) in [7, 11) is 0. The zero-order valence-electron chi connectivity index (χ0n) is 17.6. The molecule has 2 aromatic heterocycles. The number of halogens is 1. The molecule has 2 aromatic carbocycles. The van der Waals surface area contributed by atoms with Crippen LogP contribution in [0.2, 0.25) is 0 Å². The van der Waals surface area contributed by atoms with Gasteiger partial charge in [0.1, 0.15) is 0 Å². The van der Waals surface area contributed by atoms with Crippen LogP contribution in [0.3, 0.4) is 0 Å². The van der Waals surface area contributed by atoms with E-state index in [0.717, 1.165) is 27.9 Å². The number of benzene rings is 2. The standard InChI is InChI=1S/C25H23BrN4O2/c1-16-12-13-21-19(15-16)17(24(28-21)22-10-4-5-14-27-22)8-6-11-23(31)29-30-25(32)18-7-2-3-9-20(18)26/h2-5,7,9-10,12-15,28H,6,8,11H2,1H3,(H,29,31)(H,30,32). The van der Waals surface area contributed by atoms with Gasteiger partial charge in [-0.2, -0.15) is 0 Å². The topological polar surface area (TPSA) is 86.9 Å². The summed E-state index contributed by atoms with van der Waals surface area (Å²) in [6.45, 7) is 2.07. The van der Waals surface area contributed by atoms with E-state index in [4.69, 9.17) is 0 Å². The second kappa shape index (κ2) is 9.78. The Balaban J connectivity index is 1.42. The van der Waals surface area contributed by atoms with Crippen LogP contribution in [0.1, 0.15) is 34.3 Å². The minimum absolute atomic E-state index is 0.235. The summed E-state index contributed by atoms with van der Waals surface area (Å²) in [6, 6.07) is 19.2. The van der Waals surface area contributed by atoms with Gasteiger partial charge in [-0.1, -0.05) is 29.8 Å². The number of carbonyl (C=O) groups excluding carboxylic acids is 2. The Bertz CT molecular complexity index is 1270. The molecule has 0 fully saturated rings. The van der Waals surface area contributed by atoms with Gasteiger partial charge in [-0.25, -0.2) is 0 Å². The van der Waals surface area contributed by atoms with Gasteiger partial charge in [-0.15, -0.1) is 0 Å². The van der Waals surface area contributed by atoms with Crippen molar-refractivity contribution in [3.8, 4) is 11.4 Å². The number of amides is 2. The summed E-state index contributed by atoms with van der Waals surface area (Å²) in [6.07, 6.45) is 3.41. The normalized spacial score (nSPS) is 10.8. The van der Waals surface area contributed by atoms with Crippen LogP contribution in [0.15, 0.2) is 71.3 Å². The molecule has 7 heteroatoms. The van der Waals surface area contributed by atoms with Crippen LogP contribution in [-0.2, 0) is 11.2 Å². The lowest BCUT2D eigenvalue weighted by Gasteiger charge is -2.09. The average molecular weight is 491 g/mol. The third-order valence-corrected chi connectivity index (χ3v) is 5.94. The third kappa shape index (κ3) is 4.89. The summed E-state index contributed by atoms with van der Waals surface area (Å²) < 4.78 is 0.670. The van der Waals surface area contributed by atoms with E-state index in [1.807, 2.05) is 24.3 Å². The number of aromatic amines is 1. The first kappa shape index (κ1) is 21.8. The van der Waals surface area contributed by atoms with Gasteiger partial charge < -0.3 is 4.98 Å². The molecule has 0 bridgehead atoms. The number of nitrogens with zero attached hydrogens (tertiary/aromatic N) is 1. The monoisotopic (exact) mass is 490 g/mol. The van der Waals surface area contributed by atoms with E-state index < -0.39 is 0 Å². The molecule has 32 heavy (non-hydrogen) atoms. The van der Waals surface area contributed by atoms with Crippen LogP contribution >= 0.6 is 15.9 Å². The first-order chi connectivity index (χ1) is 15.5. The molecule has 162 valence electrons. The molecule has 2 heterocycles. The molecule has 0 radical (unpaired) electrons. The van der Waals surface area contributed by atoms with E-state index in [-0.39, 0.29) is 18.2 Å². The highest BCUT2D eigenvalue weighted by Crippen LogP contribution is 2.31. The van der Waals surface area contributed by atoms with Crippen LogP contribution in [0, 0.1) is 6.92 Å². The lowest BCUT2D eigenvalue weighted by Crippen LogP contribution is -2.41. The number of hydrogen-bond acceptors (Lipinski definition) is 3. The lowest BCUT2D eigenvalue weighted by atomic mass is 10.0. The quantitative estimate of drug-likeness (QED) is 0.329. The van der Waals surface area contributed by atoms with Crippen molar-refractivity contribution < 1.29 is 9.59 Å². The van der Waals surface area contributed by atoms with Crippen LogP contribution in [0.5, 0.6) is 0 Å². The average Bonchev–Trinajstić information content (AvgIpc) is 3.16. The summed E-state index contributed by atoms with van der Waals surface area (Å²) in [5.41, 5.74) is 10.7. The number of aryl methyl sites for hydroxylation is 2. The maximum atomic E-state index is 12.3. The zero-order chi connectivity index (χ0) is 22.5. The van der Waals surface area contributed by atoms with Crippen molar-refractivity contribution >= 4 is 38.6 Å². The number of hydrazine groups is 1. The second-order valence-electron chi connectivity index (χ2n) is 7.58. The smallest absolute Gasteiger partial charge is 0.270 e. The van der Waals surface area contributed by atoms with Gasteiger partial charge in [-0.05, 0) is 77.7 Å². The molecule has 3 N–H and O–H groups in total. The predicted molar refractivity (Wildman–Crippen MR) is 129 cm³/mol. The van der Waals surface area contributed by atoms with E-state index in [9.17, 15) is 9.59 Å². The molecule has 0 aliphatic carbocycles. The number of hydrogen-bond donors (Lipinski definition) is 3. The first-order valence-electron chi connectivity index (χ1n) is 10.4. The van der Waals surface area contributed by atoms with E-state index in [2.05, 4.69) is 61.9 Å². The molecule has 0 atom stereocenters. The molecule has 4 rings (SSSR count). The Labute approximate surface area is 194 Å². The zero-order valence-corrected chi connectivity index (χ0v) is 19.2. The minimum atomic E-state index is -0.365. The fourth-order valence-corrected chi connectivity index (χ4v) is 4.14.